The van der Waals surface area contributed by atoms with Crippen LogP contribution in [-0.2, 0) is 11.3 Å². The van der Waals surface area contributed by atoms with E-state index in [0.717, 1.165) is 16.8 Å². The molecule has 2 aromatic carbocycles. The molecule has 0 saturated carbocycles. The minimum Gasteiger partial charge on any atom is -0.311 e. The smallest absolute Gasteiger partial charge is 0.222 e. The van der Waals surface area contributed by atoms with Gasteiger partial charge in [-0.15, -0.1) is 0 Å². The number of rotatable bonds is 4. The number of benzene rings is 2. The second kappa shape index (κ2) is 6.67. The second-order valence-corrected chi connectivity index (χ2v) is 5.69. The highest BCUT2D eigenvalue weighted by Gasteiger charge is 2.11. The Balaban J connectivity index is 1.97. The maximum atomic E-state index is 11.4. The van der Waals surface area contributed by atoms with Crippen LogP contribution in [0.25, 0.3) is 11.3 Å². The molecule has 3 aromatic rings. The Kier molecular flexibility index (Phi) is 4.44. The van der Waals surface area contributed by atoms with E-state index in [9.17, 15) is 4.79 Å². The summed E-state index contributed by atoms with van der Waals surface area (Å²) < 4.78 is 1.77. The van der Waals surface area contributed by atoms with Gasteiger partial charge in [-0.3, -0.25) is 4.79 Å². The van der Waals surface area contributed by atoms with Crippen molar-refractivity contribution in [3.8, 4) is 11.3 Å². The monoisotopic (exact) mass is 325 g/mol. The van der Waals surface area contributed by atoms with Crippen LogP contribution in [0.3, 0.4) is 0 Å². The van der Waals surface area contributed by atoms with Crippen molar-refractivity contribution in [3.63, 3.8) is 0 Å². The largest absolute Gasteiger partial charge is 0.311 e. The quantitative estimate of drug-likeness (QED) is 0.781. The minimum absolute atomic E-state index is 0.128. The molecule has 0 fully saturated rings. The lowest BCUT2D eigenvalue weighted by molar-refractivity contribution is -0.114. The SMILES string of the molecule is CC(=O)Nc1cc(-c2ccccc2)nn1Cc1cccc(Cl)c1. The number of nitrogens with one attached hydrogen (secondary N) is 1. The van der Waals surface area contributed by atoms with E-state index in [4.69, 9.17) is 11.6 Å². The summed E-state index contributed by atoms with van der Waals surface area (Å²) in [5.74, 6) is 0.535. The van der Waals surface area contributed by atoms with E-state index in [1.165, 1.54) is 6.92 Å². The number of anilines is 1. The molecule has 0 aliphatic rings. The van der Waals surface area contributed by atoms with Gasteiger partial charge in [-0.2, -0.15) is 5.10 Å². The van der Waals surface area contributed by atoms with Crippen molar-refractivity contribution >= 4 is 23.3 Å². The number of carbonyl (C=O) groups is 1. The van der Waals surface area contributed by atoms with E-state index in [0.29, 0.717) is 17.4 Å². The van der Waals surface area contributed by atoms with Gasteiger partial charge in [0.1, 0.15) is 5.82 Å². The first-order valence-electron chi connectivity index (χ1n) is 7.27. The fourth-order valence-electron chi connectivity index (χ4n) is 2.38. The van der Waals surface area contributed by atoms with Crippen LogP contribution in [0.5, 0.6) is 0 Å². The highest BCUT2D eigenvalue weighted by atomic mass is 35.5. The molecule has 0 bridgehead atoms. The van der Waals surface area contributed by atoms with E-state index in [1.807, 2.05) is 60.7 Å². The summed E-state index contributed by atoms with van der Waals surface area (Å²) in [5.41, 5.74) is 2.84. The Morgan fingerprint density at radius 2 is 1.91 bits per heavy atom. The fourth-order valence-corrected chi connectivity index (χ4v) is 2.59. The van der Waals surface area contributed by atoms with Gasteiger partial charge in [0.05, 0.1) is 12.2 Å². The van der Waals surface area contributed by atoms with Gasteiger partial charge in [0.15, 0.2) is 0 Å². The van der Waals surface area contributed by atoms with Gasteiger partial charge in [0.25, 0.3) is 0 Å². The number of hydrogen-bond donors (Lipinski definition) is 1. The van der Waals surface area contributed by atoms with Crippen molar-refractivity contribution in [1.29, 1.82) is 0 Å². The zero-order chi connectivity index (χ0) is 16.2. The number of aromatic nitrogens is 2. The summed E-state index contributed by atoms with van der Waals surface area (Å²) in [6, 6.07) is 19.3. The van der Waals surface area contributed by atoms with Crippen LogP contribution in [0.4, 0.5) is 5.82 Å². The fraction of sp³-hybridized carbons (Fsp3) is 0.111. The summed E-state index contributed by atoms with van der Waals surface area (Å²) in [6.07, 6.45) is 0. The van der Waals surface area contributed by atoms with Crippen molar-refractivity contribution in [1.82, 2.24) is 9.78 Å². The second-order valence-electron chi connectivity index (χ2n) is 5.25. The third-order valence-electron chi connectivity index (χ3n) is 3.37. The molecule has 1 N–H and O–H groups in total. The first-order chi connectivity index (χ1) is 11.1. The molecule has 116 valence electrons. The van der Waals surface area contributed by atoms with Gasteiger partial charge in [0, 0.05) is 23.6 Å². The Bertz CT molecular complexity index is 827. The van der Waals surface area contributed by atoms with Crippen LogP contribution in [-0.4, -0.2) is 15.7 Å². The Hall–Kier alpha value is -2.59. The van der Waals surface area contributed by atoms with Crippen molar-refractivity contribution in [2.24, 2.45) is 0 Å². The highest BCUT2D eigenvalue weighted by Crippen LogP contribution is 2.23. The Labute approximate surface area is 139 Å². The van der Waals surface area contributed by atoms with E-state index in [2.05, 4.69) is 10.4 Å². The molecule has 5 heteroatoms. The lowest BCUT2D eigenvalue weighted by Gasteiger charge is -2.07. The third-order valence-corrected chi connectivity index (χ3v) is 3.61. The van der Waals surface area contributed by atoms with Gasteiger partial charge in [-0.25, -0.2) is 4.68 Å². The molecule has 0 saturated heterocycles. The van der Waals surface area contributed by atoms with Crippen LogP contribution in [0, 0.1) is 0 Å². The lowest BCUT2D eigenvalue weighted by Crippen LogP contribution is -2.12. The topological polar surface area (TPSA) is 46.9 Å². The maximum absolute atomic E-state index is 11.4. The zero-order valence-corrected chi connectivity index (χ0v) is 13.4. The Morgan fingerprint density at radius 3 is 2.61 bits per heavy atom. The van der Waals surface area contributed by atoms with Crippen LogP contribution in [0.15, 0.2) is 60.7 Å². The molecule has 0 aliphatic heterocycles. The van der Waals surface area contributed by atoms with Crippen LogP contribution in [0.1, 0.15) is 12.5 Å². The van der Waals surface area contributed by atoms with Crippen molar-refractivity contribution in [2.75, 3.05) is 5.32 Å². The van der Waals surface area contributed by atoms with Gasteiger partial charge in [-0.1, -0.05) is 54.1 Å². The number of halogens is 1. The standard InChI is InChI=1S/C18H16ClN3O/c1-13(23)20-18-11-17(15-7-3-2-4-8-15)21-22(18)12-14-6-5-9-16(19)10-14/h2-11H,12H2,1H3,(H,20,23). The van der Waals surface area contributed by atoms with E-state index in [-0.39, 0.29) is 5.91 Å². The normalized spacial score (nSPS) is 10.5. The molecule has 1 amide bonds. The number of hydrogen-bond acceptors (Lipinski definition) is 2. The summed E-state index contributed by atoms with van der Waals surface area (Å²) in [6.45, 7) is 2.02. The molecule has 4 nitrogen and oxygen atoms in total. The first-order valence-corrected chi connectivity index (χ1v) is 7.65. The van der Waals surface area contributed by atoms with Gasteiger partial charge >= 0.3 is 0 Å². The number of amides is 1. The average molecular weight is 326 g/mol. The molecule has 23 heavy (non-hydrogen) atoms. The predicted molar refractivity (Wildman–Crippen MR) is 92.5 cm³/mol. The lowest BCUT2D eigenvalue weighted by atomic mass is 10.2. The average Bonchev–Trinajstić information content (AvgIpc) is 2.90. The van der Waals surface area contributed by atoms with Crippen LogP contribution >= 0.6 is 11.6 Å². The Morgan fingerprint density at radius 1 is 1.13 bits per heavy atom. The number of carbonyl (C=O) groups excluding carboxylic acids is 1. The van der Waals surface area contributed by atoms with E-state index < -0.39 is 0 Å². The summed E-state index contributed by atoms with van der Waals surface area (Å²) in [7, 11) is 0. The first kappa shape index (κ1) is 15.3. The maximum Gasteiger partial charge on any atom is 0.222 e. The summed E-state index contributed by atoms with van der Waals surface area (Å²) in [5, 5.41) is 8.12. The molecule has 0 atom stereocenters. The van der Waals surface area contributed by atoms with Gasteiger partial charge < -0.3 is 5.32 Å². The van der Waals surface area contributed by atoms with Crippen molar-refractivity contribution in [2.45, 2.75) is 13.5 Å². The van der Waals surface area contributed by atoms with Crippen LogP contribution in [0.2, 0.25) is 5.02 Å². The molecular weight excluding hydrogens is 310 g/mol. The van der Waals surface area contributed by atoms with E-state index >= 15 is 0 Å². The summed E-state index contributed by atoms with van der Waals surface area (Å²) >= 11 is 6.04. The molecule has 0 spiro atoms. The minimum atomic E-state index is -0.128. The molecule has 1 heterocycles. The highest BCUT2D eigenvalue weighted by molar-refractivity contribution is 6.30. The molecular formula is C18H16ClN3O. The number of nitrogens with zero attached hydrogens (tertiary/aromatic N) is 2. The zero-order valence-electron chi connectivity index (χ0n) is 12.7. The third kappa shape index (κ3) is 3.79. The molecule has 0 aliphatic carbocycles. The summed E-state index contributed by atoms with van der Waals surface area (Å²) in [4.78, 5) is 11.4. The van der Waals surface area contributed by atoms with Crippen molar-refractivity contribution in [3.05, 3.63) is 71.2 Å². The van der Waals surface area contributed by atoms with Crippen molar-refractivity contribution < 1.29 is 4.79 Å². The molecule has 3 rings (SSSR count). The molecule has 1 aromatic heterocycles. The van der Waals surface area contributed by atoms with Crippen LogP contribution < -0.4 is 5.32 Å². The van der Waals surface area contributed by atoms with E-state index in [1.54, 1.807) is 4.68 Å². The van der Waals surface area contributed by atoms with Gasteiger partial charge in [-0.05, 0) is 17.7 Å². The predicted octanol–water partition coefficient (Wildman–Crippen LogP) is 4.21. The molecule has 0 radical (unpaired) electrons. The molecule has 0 unspecified atom stereocenters. The van der Waals surface area contributed by atoms with Gasteiger partial charge in [0.2, 0.25) is 5.91 Å².